The second-order valence-corrected chi connectivity index (χ2v) is 11.0. The molecule has 0 atom stereocenters. The van der Waals surface area contributed by atoms with Gasteiger partial charge in [-0.15, -0.1) is 0 Å². The minimum absolute atomic E-state index is 0.978. The Bertz CT molecular complexity index is 1030. The van der Waals surface area contributed by atoms with E-state index in [1.165, 1.54) is 0 Å². The zero-order valence-electron chi connectivity index (χ0n) is 25.3. The van der Waals surface area contributed by atoms with Gasteiger partial charge in [-0.1, -0.05) is 24.3 Å². The van der Waals surface area contributed by atoms with E-state index in [0.717, 1.165) is 114 Å². The van der Waals surface area contributed by atoms with Crippen molar-refractivity contribution < 1.29 is 0 Å². The van der Waals surface area contributed by atoms with Crippen molar-refractivity contribution in [2.24, 2.45) is 0 Å². The molecule has 4 aromatic heterocycles. The van der Waals surface area contributed by atoms with E-state index in [9.17, 15) is 0 Å². The van der Waals surface area contributed by atoms with E-state index in [1.54, 1.807) is 0 Å². The third kappa shape index (κ3) is 12.6. The average Bonchev–Trinajstić information content (AvgIpc) is 3.05. The van der Waals surface area contributed by atoms with Crippen LogP contribution in [0.3, 0.4) is 0 Å². The maximum atomic E-state index is 4.53. The number of hydrogen-bond acceptors (Lipinski definition) is 7. The largest absolute Gasteiger partial charge is 0.306 e. The molecule has 0 bridgehead atoms. The van der Waals surface area contributed by atoms with Gasteiger partial charge in [0.2, 0.25) is 0 Å². The molecule has 0 saturated heterocycles. The Morgan fingerprint density at radius 1 is 0.405 bits per heavy atom. The smallest absolute Gasteiger partial charge is 0.0416 e. The van der Waals surface area contributed by atoms with Crippen LogP contribution < -0.4 is 0 Å². The molecule has 0 unspecified atom stereocenters. The summed E-state index contributed by atoms with van der Waals surface area (Å²) >= 11 is 0. The van der Waals surface area contributed by atoms with Crippen LogP contribution in [-0.4, -0.2) is 94.0 Å². The van der Waals surface area contributed by atoms with Gasteiger partial charge in [-0.2, -0.15) is 0 Å². The molecule has 0 spiro atoms. The van der Waals surface area contributed by atoms with Crippen LogP contribution in [0.4, 0.5) is 0 Å². The molecule has 0 aromatic carbocycles. The van der Waals surface area contributed by atoms with Crippen LogP contribution in [0.5, 0.6) is 0 Å². The van der Waals surface area contributed by atoms with E-state index in [-0.39, 0.29) is 0 Å². The summed E-state index contributed by atoms with van der Waals surface area (Å²) in [5.41, 5.74) is 4.64. The van der Waals surface area contributed by atoms with Crippen molar-refractivity contribution in [2.75, 3.05) is 59.4 Å². The minimum Gasteiger partial charge on any atom is -0.306 e. The number of rotatable bonds is 20. The molecule has 0 aliphatic rings. The van der Waals surface area contributed by atoms with Gasteiger partial charge in [0.25, 0.3) is 0 Å². The summed E-state index contributed by atoms with van der Waals surface area (Å²) in [4.78, 5) is 25.8. The first kappa shape index (κ1) is 31.4. The summed E-state index contributed by atoms with van der Waals surface area (Å²) in [5, 5.41) is 0. The highest BCUT2D eigenvalue weighted by Crippen LogP contribution is 2.06. The van der Waals surface area contributed by atoms with E-state index in [4.69, 9.17) is 0 Å². The second-order valence-electron chi connectivity index (χ2n) is 11.0. The molecule has 4 heterocycles. The first-order valence-electron chi connectivity index (χ1n) is 15.5. The number of nitrogens with zero attached hydrogens (tertiary/aromatic N) is 7. The molecule has 0 N–H and O–H groups in total. The summed E-state index contributed by atoms with van der Waals surface area (Å²) in [6, 6.07) is 24.7. The lowest BCUT2D eigenvalue weighted by Crippen LogP contribution is -2.34. The van der Waals surface area contributed by atoms with E-state index in [2.05, 4.69) is 90.2 Å². The lowest BCUT2D eigenvalue weighted by Gasteiger charge is -2.25. The highest BCUT2D eigenvalue weighted by atomic mass is 15.1. The third-order valence-electron chi connectivity index (χ3n) is 7.67. The van der Waals surface area contributed by atoms with Crippen molar-refractivity contribution in [3.63, 3.8) is 0 Å². The molecule has 0 radical (unpaired) electrons. The molecule has 0 saturated carbocycles. The van der Waals surface area contributed by atoms with Crippen LogP contribution in [-0.2, 0) is 25.7 Å². The van der Waals surface area contributed by atoms with Crippen molar-refractivity contribution >= 4 is 0 Å². The Balaban J connectivity index is 1.19. The van der Waals surface area contributed by atoms with Gasteiger partial charge in [0.15, 0.2) is 0 Å². The topological polar surface area (TPSA) is 61.3 Å². The van der Waals surface area contributed by atoms with E-state index < -0.39 is 0 Å². The van der Waals surface area contributed by atoms with Crippen molar-refractivity contribution in [2.45, 2.75) is 38.5 Å². The van der Waals surface area contributed by atoms with Crippen LogP contribution in [0, 0.1) is 0 Å². The van der Waals surface area contributed by atoms with Crippen molar-refractivity contribution in [1.29, 1.82) is 0 Å². The highest BCUT2D eigenvalue weighted by Gasteiger charge is 2.10. The molecule has 0 amide bonds. The number of aromatic nitrogens is 4. The molecule has 7 heteroatoms. The molecular formula is C35H47N7. The van der Waals surface area contributed by atoms with Gasteiger partial charge in [-0.3, -0.25) is 19.9 Å². The van der Waals surface area contributed by atoms with Gasteiger partial charge in [-0.25, -0.2) is 0 Å². The predicted molar refractivity (Wildman–Crippen MR) is 171 cm³/mol. The van der Waals surface area contributed by atoms with Gasteiger partial charge in [0.1, 0.15) is 0 Å². The molecule has 4 rings (SSSR count). The maximum absolute atomic E-state index is 4.53. The zero-order valence-corrected chi connectivity index (χ0v) is 25.3. The summed E-state index contributed by atoms with van der Waals surface area (Å²) in [5.74, 6) is 0. The summed E-state index contributed by atoms with van der Waals surface area (Å²) < 4.78 is 0. The molecule has 0 aliphatic heterocycles. The highest BCUT2D eigenvalue weighted by molar-refractivity contribution is 5.06. The Labute approximate surface area is 252 Å². The molecule has 4 aromatic rings. The Morgan fingerprint density at radius 3 is 0.976 bits per heavy atom. The second kappa shape index (κ2) is 18.8. The van der Waals surface area contributed by atoms with Gasteiger partial charge < -0.3 is 14.7 Å². The van der Waals surface area contributed by atoms with Gasteiger partial charge in [0.05, 0.1) is 0 Å². The Morgan fingerprint density at radius 2 is 0.714 bits per heavy atom. The lowest BCUT2D eigenvalue weighted by atomic mass is 10.2. The van der Waals surface area contributed by atoms with Crippen molar-refractivity contribution in [1.82, 2.24) is 34.6 Å². The molecular weight excluding hydrogens is 518 g/mol. The molecule has 7 nitrogen and oxygen atoms in total. The van der Waals surface area contributed by atoms with E-state index in [0.29, 0.717) is 0 Å². The van der Waals surface area contributed by atoms with Crippen LogP contribution in [0.25, 0.3) is 0 Å². The van der Waals surface area contributed by atoms with E-state index in [1.807, 2.05) is 49.1 Å². The van der Waals surface area contributed by atoms with Crippen molar-refractivity contribution in [3.05, 3.63) is 120 Å². The fourth-order valence-corrected chi connectivity index (χ4v) is 5.19. The monoisotopic (exact) mass is 565 g/mol. The van der Waals surface area contributed by atoms with Gasteiger partial charge in [-0.05, 0) is 94.6 Å². The van der Waals surface area contributed by atoms with Crippen LogP contribution in [0.1, 0.15) is 35.6 Å². The normalized spacial score (nSPS) is 11.5. The summed E-state index contributed by atoms with van der Waals surface area (Å²) in [6.07, 6.45) is 13.8. The fraction of sp³-hybridized carbons (Fsp3) is 0.429. The third-order valence-corrected chi connectivity index (χ3v) is 7.67. The minimum atomic E-state index is 0.978. The first-order chi connectivity index (χ1) is 20.7. The number of pyridine rings is 4. The first-order valence-corrected chi connectivity index (χ1v) is 15.5. The SMILES string of the molecule is CN(CCCN(CCc1ccccn1)CCc1ccccn1)CCCN(CCc1ccccn1)CCc1ccccn1. The molecule has 222 valence electrons. The van der Waals surface area contributed by atoms with Crippen molar-refractivity contribution in [3.8, 4) is 0 Å². The van der Waals surface area contributed by atoms with Crippen LogP contribution >= 0.6 is 0 Å². The molecule has 42 heavy (non-hydrogen) atoms. The van der Waals surface area contributed by atoms with E-state index >= 15 is 0 Å². The molecule has 0 fully saturated rings. The van der Waals surface area contributed by atoms with Crippen LogP contribution in [0.2, 0.25) is 0 Å². The molecule has 0 aliphatic carbocycles. The zero-order chi connectivity index (χ0) is 29.1. The van der Waals surface area contributed by atoms with Gasteiger partial charge in [0, 0.05) is 99.4 Å². The van der Waals surface area contributed by atoms with Crippen LogP contribution in [0.15, 0.2) is 97.6 Å². The Kier molecular flexibility index (Phi) is 14.1. The maximum Gasteiger partial charge on any atom is 0.0416 e. The predicted octanol–water partition coefficient (Wildman–Crippen LogP) is 4.85. The summed E-state index contributed by atoms with van der Waals surface area (Å²) in [7, 11) is 2.26. The quantitative estimate of drug-likeness (QED) is 0.152. The summed E-state index contributed by atoms with van der Waals surface area (Å²) in [6.45, 7) is 8.47. The Hall–Kier alpha value is -3.52. The van der Waals surface area contributed by atoms with Gasteiger partial charge >= 0.3 is 0 Å². The fourth-order valence-electron chi connectivity index (χ4n) is 5.19. The standard InChI is InChI=1S/C35H47N7/c1-40(24-10-26-41(28-16-32-12-2-6-20-36-32)29-17-33-13-3-7-21-37-33)25-11-27-42(30-18-34-14-4-8-22-38-34)31-19-35-15-5-9-23-39-35/h2-9,12-15,20-23H,10-11,16-19,24-31H2,1H3. The average molecular weight is 566 g/mol. The lowest BCUT2D eigenvalue weighted by molar-refractivity contribution is 0.229. The number of hydrogen-bond donors (Lipinski definition) is 0.